The molecular weight excluding hydrogens is 206 g/mol. The first-order valence-corrected chi connectivity index (χ1v) is 5.66. The molecule has 1 aromatic heterocycles. The minimum atomic E-state index is -0.294. The van der Waals surface area contributed by atoms with E-state index in [2.05, 4.69) is 15.3 Å². The van der Waals surface area contributed by atoms with Gasteiger partial charge in [0.1, 0.15) is 5.69 Å². The molecule has 1 atom stereocenters. The van der Waals surface area contributed by atoms with E-state index in [-0.39, 0.29) is 23.3 Å². The van der Waals surface area contributed by atoms with E-state index in [0.717, 1.165) is 18.7 Å². The van der Waals surface area contributed by atoms with E-state index in [1.165, 1.54) is 0 Å². The fourth-order valence-electron chi connectivity index (χ4n) is 2.11. The Bertz CT molecular complexity index is 438. The summed E-state index contributed by atoms with van der Waals surface area (Å²) in [5.74, 6) is 0.197. The van der Waals surface area contributed by atoms with Crippen LogP contribution in [-0.4, -0.2) is 28.8 Å². The minimum absolute atomic E-state index is 0.00366. The van der Waals surface area contributed by atoms with Crippen LogP contribution in [0.5, 0.6) is 0 Å². The maximum Gasteiger partial charge on any atom is 0.323 e. The Morgan fingerprint density at radius 2 is 2.12 bits per heavy atom. The Hall–Kier alpha value is -1.36. The molecule has 1 aromatic rings. The summed E-state index contributed by atoms with van der Waals surface area (Å²) >= 11 is 0. The highest BCUT2D eigenvalue weighted by Crippen LogP contribution is 2.19. The average Bonchev–Trinajstić information content (AvgIpc) is 2.84. The number of aromatic amines is 2. The predicted molar refractivity (Wildman–Crippen MR) is 60.8 cm³/mol. The van der Waals surface area contributed by atoms with Gasteiger partial charge in [-0.15, -0.1) is 0 Å². The molecule has 5 nitrogen and oxygen atoms in total. The van der Waals surface area contributed by atoms with Crippen LogP contribution in [0.1, 0.15) is 42.4 Å². The van der Waals surface area contributed by atoms with Crippen molar-refractivity contribution >= 4 is 5.78 Å². The lowest BCUT2D eigenvalue weighted by molar-refractivity contribution is 0.0924. The van der Waals surface area contributed by atoms with E-state index >= 15 is 0 Å². The van der Waals surface area contributed by atoms with E-state index in [1.54, 1.807) is 0 Å². The van der Waals surface area contributed by atoms with Gasteiger partial charge < -0.3 is 15.3 Å². The van der Waals surface area contributed by atoms with Gasteiger partial charge in [0.15, 0.2) is 5.78 Å². The number of carbonyl (C=O) groups is 1. The molecule has 1 saturated heterocycles. The minimum Gasteiger partial charge on any atom is -0.316 e. The molecule has 1 unspecified atom stereocenters. The van der Waals surface area contributed by atoms with E-state index in [1.807, 2.05) is 13.8 Å². The quantitative estimate of drug-likeness (QED) is 0.657. The first kappa shape index (κ1) is 11.1. The average molecular weight is 223 g/mol. The van der Waals surface area contributed by atoms with Crippen LogP contribution in [0.15, 0.2) is 4.79 Å². The van der Waals surface area contributed by atoms with Gasteiger partial charge in [-0.05, 0) is 18.9 Å². The summed E-state index contributed by atoms with van der Waals surface area (Å²) < 4.78 is 0. The summed E-state index contributed by atoms with van der Waals surface area (Å²) in [5.41, 5.74) is 0.897. The molecule has 1 aliphatic heterocycles. The van der Waals surface area contributed by atoms with Crippen molar-refractivity contribution in [2.24, 2.45) is 5.92 Å². The summed E-state index contributed by atoms with van der Waals surface area (Å²) in [6.45, 7) is 5.51. The van der Waals surface area contributed by atoms with Crippen LogP contribution in [0.4, 0.5) is 0 Å². The SMILES string of the molecule is CC(C)c1[nH]c(=O)[nH]c1C(=O)C1CCNC1. The molecule has 3 N–H and O–H groups in total. The third kappa shape index (κ3) is 1.95. The van der Waals surface area contributed by atoms with Crippen molar-refractivity contribution in [1.29, 1.82) is 0 Å². The third-order valence-corrected chi connectivity index (χ3v) is 3.01. The van der Waals surface area contributed by atoms with Gasteiger partial charge in [-0.25, -0.2) is 4.79 Å². The van der Waals surface area contributed by atoms with Gasteiger partial charge >= 0.3 is 5.69 Å². The topological polar surface area (TPSA) is 77.8 Å². The van der Waals surface area contributed by atoms with Gasteiger partial charge in [0.05, 0.1) is 0 Å². The van der Waals surface area contributed by atoms with E-state index in [9.17, 15) is 9.59 Å². The number of hydrogen-bond acceptors (Lipinski definition) is 3. The van der Waals surface area contributed by atoms with Gasteiger partial charge in [0.25, 0.3) is 0 Å². The molecule has 1 aliphatic rings. The standard InChI is InChI=1S/C11H17N3O2/c1-6(2)8-9(14-11(16)13-8)10(15)7-3-4-12-5-7/h6-7,12H,3-5H2,1-2H3,(H2,13,14,16). The van der Waals surface area contributed by atoms with Gasteiger partial charge in [-0.2, -0.15) is 0 Å². The molecule has 88 valence electrons. The highest BCUT2D eigenvalue weighted by Gasteiger charge is 2.27. The Labute approximate surface area is 93.6 Å². The smallest absolute Gasteiger partial charge is 0.316 e. The summed E-state index contributed by atoms with van der Waals surface area (Å²) in [6.07, 6.45) is 0.851. The van der Waals surface area contributed by atoms with Gasteiger partial charge in [-0.3, -0.25) is 4.79 Å². The number of aromatic nitrogens is 2. The second-order valence-electron chi connectivity index (χ2n) is 4.58. The zero-order valence-electron chi connectivity index (χ0n) is 9.59. The summed E-state index contributed by atoms with van der Waals surface area (Å²) in [6, 6.07) is 0. The van der Waals surface area contributed by atoms with E-state index < -0.39 is 0 Å². The van der Waals surface area contributed by atoms with Crippen molar-refractivity contribution in [2.75, 3.05) is 13.1 Å². The zero-order valence-corrected chi connectivity index (χ0v) is 9.59. The molecule has 0 aromatic carbocycles. The lowest BCUT2D eigenvalue weighted by atomic mass is 9.97. The number of carbonyl (C=O) groups excluding carboxylic acids is 1. The van der Waals surface area contributed by atoms with Crippen LogP contribution in [0.25, 0.3) is 0 Å². The Morgan fingerprint density at radius 3 is 2.69 bits per heavy atom. The number of nitrogens with one attached hydrogen (secondary N) is 3. The van der Waals surface area contributed by atoms with Crippen molar-refractivity contribution in [3.05, 3.63) is 21.9 Å². The highest BCUT2D eigenvalue weighted by atomic mass is 16.1. The molecule has 0 bridgehead atoms. The number of imidazole rings is 1. The number of ketones is 1. The molecule has 0 amide bonds. The number of hydrogen-bond donors (Lipinski definition) is 3. The molecule has 0 spiro atoms. The molecule has 0 radical (unpaired) electrons. The van der Waals surface area contributed by atoms with Crippen LogP contribution in [-0.2, 0) is 0 Å². The van der Waals surface area contributed by atoms with Gasteiger partial charge in [-0.1, -0.05) is 13.8 Å². The Kier molecular flexibility index (Phi) is 2.96. The predicted octanol–water partition coefficient (Wildman–Crippen LogP) is 0.619. The Balaban J connectivity index is 2.31. The van der Waals surface area contributed by atoms with E-state index in [4.69, 9.17) is 0 Å². The number of rotatable bonds is 3. The molecular formula is C11H17N3O2. The molecule has 5 heteroatoms. The summed E-state index contributed by atoms with van der Waals surface area (Å²) in [5, 5.41) is 3.16. The summed E-state index contributed by atoms with van der Waals surface area (Å²) in [4.78, 5) is 28.7. The number of Topliss-reactive ketones (excluding diaryl/α,β-unsaturated/α-hetero) is 1. The second-order valence-corrected chi connectivity index (χ2v) is 4.58. The van der Waals surface area contributed by atoms with Crippen molar-refractivity contribution in [3.63, 3.8) is 0 Å². The lowest BCUT2D eigenvalue weighted by Crippen LogP contribution is -2.20. The molecule has 2 heterocycles. The molecule has 0 saturated carbocycles. The lowest BCUT2D eigenvalue weighted by Gasteiger charge is -2.09. The maximum absolute atomic E-state index is 12.2. The monoisotopic (exact) mass is 223 g/mol. The van der Waals surface area contributed by atoms with Crippen molar-refractivity contribution in [2.45, 2.75) is 26.2 Å². The second kappa shape index (κ2) is 4.25. The van der Waals surface area contributed by atoms with Crippen molar-refractivity contribution in [3.8, 4) is 0 Å². The molecule has 1 fully saturated rings. The first-order valence-electron chi connectivity index (χ1n) is 5.66. The molecule has 0 aliphatic carbocycles. The third-order valence-electron chi connectivity index (χ3n) is 3.01. The van der Waals surface area contributed by atoms with Crippen molar-refractivity contribution < 1.29 is 4.79 Å². The normalized spacial score (nSPS) is 20.6. The zero-order chi connectivity index (χ0) is 11.7. The molecule has 2 rings (SSSR count). The largest absolute Gasteiger partial charge is 0.323 e. The van der Waals surface area contributed by atoms with Crippen LogP contribution in [0.3, 0.4) is 0 Å². The van der Waals surface area contributed by atoms with Crippen LogP contribution < -0.4 is 11.0 Å². The summed E-state index contributed by atoms with van der Waals surface area (Å²) in [7, 11) is 0. The van der Waals surface area contributed by atoms with Crippen LogP contribution in [0, 0.1) is 5.92 Å². The maximum atomic E-state index is 12.2. The van der Waals surface area contributed by atoms with Crippen LogP contribution >= 0.6 is 0 Å². The first-order chi connectivity index (χ1) is 7.59. The number of H-pyrrole nitrogens is 2. The van der Waals surface area contributed by atoms with Gasteiger partial charge in [0.2, 0.25) is 0 Å². The fraction of sp³-hybridized carbons (Fsp3) is 0.636. The van der Waals surface area contributed by atoms with Crippen molar-refractivity contribution in [1.82, 2.24) is 15.3 Å². The Morgan fingerprint density at radius 1 is 1.38 bits per heavy atom. The van der Waals surface area contributed by atoms with Gasteiger partial charge in [0, 0.05) is 18.2 Å². The fourth-order valence-corrected chi connectivity index (χ4v) is 2.11. The molecule has 16 heavy (non-hydrogen) atoms. The highest BCUT2D eigenvalue weighted by molar-refractivity contribution is 5.97. The van der Waals surface area contributed by atoms with E-state index in [0.29, 0.717) is 12.2 Å². The van der Waals surface area contributed by atoms with Crippen LogP contribution in [0.2, 0.25) is 0 Å².